The van der Waals surface area contributed by atoms with Gasteiger partial charge in [0.25, 0.3) is 0 Å². The van der Waals surface area contributed by atoms with Crippen LogP contribution in [0.15, 0.2) is 0 Å². The van der Waals surface area contributed by atoms with Crippen LogP contribution in [-0.2, 0) is 0 Å². The molecule has 0 aromatic carbocycles. The van der Waals surface area contributed by atoms with Crippen LogP contribution >= 0.6 is 12.4 Å². The van der Waals surface area contributed by atoms with Gasteiger partial charge in [-0.15, -0.1) is 12.4 Å². The molecule has 0 saturated heterocycles. The molecular formula is C8H18ClN. The van der Waals surface area contributed by atoms with Crippen molar-refractivity contribution < 1.29 is 0 Å². The highest BCUT2D eigenvalue weighted by atomic mass is 35.5. The van der Waals surface area contributed by atoms with E-state index in [9.17, 15) is 0 Å². The summed E-state index contributed by atoms with van der Waals surface area (Å²) >= 11 is 0. The minimum absolute atomic E-state index is 0. The lowest BCUT2D eigenvalue weighted by Gasteiger charge is -2.04. The molecular weight excluding hydrogens is 146 g/mol. The molecule has 1 rings (SSSR count). The van der Waals surface area contributed by atoms with Gasteiger partial charge in [-0.3, -0.25) is 0 Å². The van der Waals surface area contributed by atoms with Crippen molar-refractivity contribution in [2.24, 2.45) is 16.6 Å². The zero-order valence-corrected chi connectivity index (χ0v) is 8.30. The van der Waals surface area contributed by atoms with Gasteiger partial charge in [0.1, 0.15) is 0 Å². The normalized spacial score (nSPS) is 30.6. The van der Waals surface area contributed by atoms with Crippen LogP contribution in [0.1, 0.15) is 34.6 Å². The minimum Gasteiger partial charge on any atom is -0.324 e. The zero-order valence-electron chi connectivity index (χ0n) is 7.49. The van der Waals surface area contributed by atoms with Crippen molar-refractivity contribution in [1.29, 1.82) is 0 Å². The molecule has 0 heterocycles. The molecule has 1 aliphatic rings. The van der Waals surface area contributed by atoms with E-state index in [0.717, 1.165) is 0 Å². The molecule has 0 amide bonds. The Bertz CT molecular complexity index is 107. The summed E-state index contributed by atoms with van der Waals surface area (Å²) in [5.74, 6) is 0. The van der Waals surface area contributed by atoms with Gasteiger partial charge in [0.05, 0.1) is 0 Å². The summed E-state index contributed by atoms with van der Waals surface area (Å²) in [7, 11) is 0. The summed E-state index contributed by atoms with van der Waals surface area (Å²) in [5.41, 5.74) is 6.70. The van der Waals surface area contributed by atoms with Crippen LogP contribution < -0.4 is 5.73 Å². The van der Waals surface area contributed by atoms with Gasteiger partial charge in [-0.1, -0.05) is 27.7 Å². The lowest BCUT2D eigenvalue weighted by molar-refractivity contribution is 0.457. The summed E-state index contributed by atoms with van der Waals surface area (Å²) in [6.45, 7) is 11.0. The number of nitrogens with two attached hydrogens (primary N) is 1. The summed E-state index contributed by atoms with van der Waals surface area (Å²) in [6.07, 6.45) is 0. The topological polar surface area (TPSA) is 26.0 Å². The van der Waals surface area contributed by atoms with E-state index >= 15 is 0 Å². The average Bonchev–Trinajstić information content (AvgIpc) is 1.84. The highest BCUT2D eigenvalue weighted by Gasteiger charge is 2.72. The van der Waals surface area contributed by atoms with Crippen LogP contribution in [0.4, 0.5) is 0 Å². The van der Waals surface area contributed by atoms with Gasteiger partial charge >= 0.3 is 0 Å². The van der Waals surface area contributed by atoms with Crippen LogP contribution in [0.25, 0.3) is 0 Å². The minimum atomic E-state index is 0. The van der Waals surface area contributed by atoms with E-state index < -0.39 is 0 Å². The van der Waals surface area contributed by atoms with Crippen molar-refractivity contribution in [2.75, 3.05) is 0 Å². The Labute approximate surface area is 69.8 Å². The molecule has 0 spiro atoms. The Morgan fingerprint density at radius 1 is 0.800 bits per heavy atom. The molecule has 0 radical (unpaired) electrons. The quantitative estimate of drug-likeness (QED) is 0.582. The Morgan fingerprint density at radius 3 is 0.900 bits per heavy atom. The fraction of sp³-hybridized carbons (Fsp3) is 1.00. The predicted octanol–water partition coefficient (Wildman–Crippen LogP) is 2.19. The van der Waals surface area contributed by atoms with Crippen LogP contribution in [0, 0.1) is 10.8 Å². The molecule has 0 aromatic heterocycles. The first-order chi connectivity index (χ1) is 3.75. The molecule has 2 N–H and O–H groups in total. The van der Waals surface area contributed by atoms with Gasteiger partial charge in [0.2, 0.25) is 0 Å². The third-order valence-corrected chi connectivity index (χ3v) is 4.10. The smallest absolute Gasteiger partial charge is 0.0240 e. The summed E-state index contributed by atoms with van der Waals surface area (Å²) in [4.78, 5) is 0. The second-order valence-corrected chi connectivity index (χ2v) is 4.45. The van der Waals surface area contributed by atoms with E-state index in [0.29, 0.717) is 10.8 Å². The van der Waals surface area contributed by atoms with E-state index in [4.69, 9.17) is 5.73 Å². The van der Waals surface area contributed by atoms with Gasteiger partial charge in [0, 0.05) is 5.54 Å². The van der Waals surface area contributed by atoms with Crippen molar-refractivity contribution in [3.8, 4) is 0 Å². The number of halogens is 1. The lowest BCUT2D eigenvalue weighted by Crippen LogP contribution is -2.25. The molecule has 10 heavy (non-hydrogen) atoms. The molecule has 1 fully saturated rings. The van der Waals surface area contributed by atoms with Crippen molar-refractivity contribution in [3.05, 3.63) is 0 Å². The van der Waals surface area contributed by atoms with Crippen LogP contribution in [0.3, 0.4) is 0 Å². The molecule has 0 atom stereocenters. The lowest BCUT2D eigenvalue weighted by atomic mass is 10.0. The van der Waals surface area contributed by atoms with E-state index in [1.54, 1.807) is 0 Å². The Morgan fingerprint density at radius 2 is 0.900 bits per heavy atom. The predicted molar refractivity (Wildman–Crippen MR) is 47.4 cm³/mol. The third kappa shape index (κ3) is 0.680. The highest BCUT2D eigenvalue weighted by Crippen LogP contribution is 2.69. The first-order valence-electron chi connectivity index (χ1n) is 3.54. The monoisotopic (exact) mass is 163 g/mol. The molecule has 2 heteroatoms. The molecule has 62 valence electrons. The molecule has 1 saturated carbocycles. The van der Waals surface area contributed by atoms with Crippen LogP contribution in [-0.4, -0.2) is 5.54 Å². The maximum atomic E-state index is 6.02. The third-order valence-electron chi connectivity index (χ3n) is 4.10. The van der Waals surface area contributed by atoms with E-state index in [1.165, 1.54) is 0 Å². The van der Waals surface area contributed by atoms with Crippen molar-refractivity contribution in [1.82, 2.24) is 0 Å². The summed E-state index contributed by atoms with van der Waals surface area (Å²) < 4.78 is 0. The number of rotatable bonds is 0. The largest absolute Gasteiger partial charge is 0.324 e. The first-order valence-corrected chi connectivity index (χ1v) is 3.54. The van der Waals surface area contributed by atoms with Gasteiger partial charge in [-0.2, -0.15) is 0 Å². The number of hydrogen-bond donors (Lipinski definition) is 1. The summed E-state index contributed by atoms with van der Waals surface area (Å²) in [5, 5.41) is 0. The Kier molecular flexibility index (Phi) is 1.94. The van der Waals surface area contributed by atoms with Crippen molar-refractivity contribution in [3.63, 3.8) is 0 Å². The van der Waals surface area contributed by atoms with Crippen LogP contribution in [0.2, 0.25) is 0 Å². The van der Waals surface area contributed by atoms with Gasteiger partial charge in [0.15, 0.2) is 0 Å². The fourth-order valence-electron chi connectivity index (χ4n) is 1.64. The molecule has 0 aromatic rings. The maximum absolute atomic E-state index is 6.02. The molecule has 0 bridgehead atoms. The van der Waals surface area contributed by atoms with E-state index in [2.05, 4.69) is 34.6 Å². The first kappa shape index (κ1) is 10.2. The Hall–Kier alpha value is 0.250. The standard InChI is InChI=1S/C8H17N.ClH/c1-6(2)7(3,4)8(6,5)9;/h9H2,1-5H3;1H. The van der Waals surface area contributed by atoms with Crippen molar-refractivity contribution in [2.45, 2.75) is 40.2 Å². The van der Waals surface area contributed by atoms with Gasteiger partial charge in [-0.25, -0.2) is 0 Å². The average molecular weight is 164 g/mol. The molecule has 1 aliphatic carbocycles. The summed E-state index contributed by atoms with van der Waals surface area (Å²) in [6, 6.07) is 0. The molecule has 0 aliphatic heterocycles. The SMILES string of the molecule is CC1(C)C(C)(C)C1(C)N.Cl. The van der Waals surface area contributed by atoms with Gasteiger partial charge in [-0.05, 0) is 17.8 Å². The molecule has 0 unspecified atom stereocenters. The number of hydrogen-bond acceptors (Lipinski definition) is 1. The zero-order chi connectivity index (χ0) is 7.50. The van der Waals surface area contributed by atoms with Crippen LogP contribution in [0.5, 0.6) is 0 Å². The van der Waals surface area contributed by atoms with Crippen molar-refractivity contribution >= 4 is 12.4 Å². The highest BCUT2D eigenvalue weighted by molar-refractivity contribution is 5.85. The van der Waals surface area contributed by atoms with Gasteiger partial charge < -0.3 is 5.73 Å². The fourth-order valence-corrected chi connectivity index (χ4v) is 1.64. The second-order valence-electron chi connectivity index (χ2n) is 4.45. The molecule has 1 nitrogen and oxygen atoms in total. The van der Waals surface area contributed by atoms with E-state index in [-0.39, 0.29) is 17.9 Å². The Balaban J connectivity index is 0.000000810. The van der Waals surface area contributed by atoms with E-state index in [1.807, 2.05) is 0 Å². The second kappa shape index (κ2) is 1.89. The maximum Gasteiger partial charge on any atom is 0.0240 e.